The first-order chi connectivity index (χ1) is 12.6. The number of aromatic amines is 1. The van der Waals surface area contributed by atoms with Gasteiger partial charge in [-0.1, -0.05) is 6.07 Å². The number of nitrogens with zero attached hydrogens (tertiary/aromatic N) is 3. The molecule has 0 aliphatic carbocycles. The molecule has 1 fully saturated rings. The van der Waals surface area contributed by atoms with Gasteiger partial charge in [0.15, 0.2) is 0 Å². The average molecular weight is 354 g/mol. The van der Waals surface area contributed by atoms with E-state index in [0.717, 1.165) is 11.2 Å². The van der Waals surface area contributed by atoms with Crippen molar-refractivity contribution in [3.8, 4) is 0 Å². The summed E-state index contributed by atoms with van der Waals surface area (Å²) in [5.41, 5.74) is 1.28. The van der Waals surface area contributed by atoms with Gasteiger partial charge in [0.25, 0.3) is 0 Å². The minimum atomic E-state index is -0.901. The fraction of sp³-hybridized carbons (Fsp3) is 0.263. The molecule has 1 saturated heterocycles. The molecular formula is C19H19FN4O2. The molecule has 2 N–H and O–H groups in total. The van der Waals surface area contributed by atoms with Crippen molar-refractivity contribution in [1.82, 2.24) is 14.9 Å². The van der Waals surface area contributed by atoms with Gasteiger partial charge in [0.05, 0.1) is 0 Å². The molecule has 0 unspecified atom stereocenters. The van der Waals surface area contributed by atoms with Crippen molar-refractivity contribution in [2.75, 3.05) is 31.1 Å². The lowest BCUT2D eigenvalue weighted by Crippen LogP contribution is -2.49. The predicted molar refractivity (Wildman–Crippen MR) is 96.7 cm³/mol. The van der Waals surface area contributed by atoms with Crippen LogP contribution in [0.15, 0.2) is 48.8 Å². The van der Waals surface area contributed by atoms with Gasteiger partial charge in [0.2, 0.25) is 0 Å². The van der Waals surface area contributed by atoms with E-state index in [-0.39, 0.29) is 5.82 Å². The highest BCUT2D eigenvalue weighted by atomic mass is 19.1. The number of benzene rings is 1. The Morgan fingerprint density at radius 1 is 1.19 bits per heavy atom. The van der Waals surface area contributed by atoms with Gasteiger partial charge < -0.3 is 15.0 Å². The molecule has 6 nitrogen and oxygen atoms in total. The van der Waals surface area contributed by atoms with Crippen LogP contribution in [0.5, 0.6) is 0 Å². The van der Waals surface area contributed by atoms with Gasteiger partial charge in [-0.3, -0.25) is 9.69 Å². The first-order valence-corrected chi connectivity index (χ1v) is 8.53. The molecule has 26 heavy (non-hydrogen) atoms. The molecule has 0 radical (unpaired) electrons. The monoisotopic (exact) mass is 354 g/mol. The molecule has 0 spiro atoms. The largest absolute Gasteiger partial charge is 0.480 e. The second-order valence-corrected chi connectivity index (χ2v) is 6.39. The molecule has 2 aromatic heterocycles. The lowest BCUT2D eigenvalue weighted by molar-refractivity contribution is -0.143. The summed E-state index contributed by atoms with van der Waals surface area (Å²) >= 11 is 0. The number of carbonyl (C=O) groups is 1. The third-order valence-electron chi connectivity index (χ3n) is 4.86. The first-order valence-electron chi connectivity index (χ1n) is 8.53. The van der Waals surface area contributed by atoms with Crippen LogP contribution in [0.3, 0.4) is 0 Å². The number of hydrogen-bond donors (Lipinski definition) is 2. The SMILES string of the molecule is O=C(O)[C@H](c1c[nH]c2cc(F)ccc12)N1CCN(c2ccccn2)CC1. The van der Waals surface area contributed by atoms with E-state index in [1.807, 2.05) is 23.1 Å². The van der Waals surface area contributed by atoms with E-state index in [1.54, 1.807) is 18.5 Å². The number of H-pyrrole nitrogens is 1. The molecule has 4 rings (SSSR count). The zero-order chi connectivity index (χ0) is 18.1. The van der Waals surface area contributed by atoms with Crippen LogP contribution in [0.1, 0.15) is 11.6 Å². The smallest absolute Gasteiger partial charge is 0.325 e. The maximum atomic E-state index is 13.4. The number of rotatable bonds is 4. The average Bonchev–Trinajstić information content (AvgIpc) is 3.05. The number of nitrogens with one attached hydrogen (secondary N) is 1. The molecule has 0 saturated carbocycles. The van der Waals surface area contributed by atoms with Gasteiger partial charge in [-0.25, -0.2) is 9.37 Å². The molecule has 3 heterocycles. The second-order valence-electron chi connectivity index (χ2n) is 6.39. The van der Waals surface area contributed by atoms with E-state index in [1.165, 1.54) is 12.1 Å². The summed E-state index contributed by atoms with van der Waals surface area (Å²) in [5, 5.41) is 10.6. The van der Waals surface area contributed by atoms with Gasteiger partial charge in [0.1, 0.15) is 17.7 Å². The van der Waals surface area contributed by atoms with Crippen molar-refractivity contribution in [3.05, 3.63) is 60.2 Å². The molecular weight excluding hydrogens is 335 g/mol. The van der Waals surface area contributed by atoms with Crippen molar-refractivity contribution >= 4 is 22.7 Å². The summed E-state index contributed by atoms with van der Waals surface area (Å²) in [6, 6.07) is 9.39. The van der Waals surface area contributed by atoms with E-state index < -0.39 is 12.0 Å². The Bertz CT molecular complexity index is 920. The Hall–Kier alpha value is -2.93. The number of carboxylic acids is 1. The van der Waals surface area contributed by atoms with Crippen molar-refractivity contribution in [2.45, 2.75) is 6.04 Å². The standard InChI is InChI=1S/C19H19FN4O2/c20-13-4-5-14-15(12-22-16(14)11-13)18(19(25)26)24-9-7-23(8-10-24)17-3-1-2-6-21-17/h1-6,11-12,18,22H,7-10H2,(H,25,26)/t18-/m0/s1. The molecule has 1 atom stereocenters. The molecule has 7 heteroatoms. The van der Waals surface area contributed by atoms with Crippen molar-refractivity contribution < 1.29 is 14.3 Å². The van der Waals surface area contributed by atoms with E-state index in [9.17, 15) is 14.3 Å². The Morgan fingerprint density at radius 3 is 2.69 bits per heavy atom. The molecule has 1 aliphatic rings. The number of carboxylic acid groups (broad SMARTS) is 1. The van der Waals surface area contributed by atoms with Gasteiger partial charge in [0, 0.05) is 55.0 Å². The van der Waals surface area contributed by atoms with Crippen LogP contribution in [-0.4, -0.2) is 52.1 Å². The molecule has 1 aliphatic heterocycles. The number of piperazine rings is 1. The summed E-state index contributed by atoms with van der Waals surface area (Å²) in [6.45, 7) is 2.64. The minimum absolute atomic E-state index is 0.346. The van der Waals surface area contributed by atoms with Crippen LogP contribution in [0.2, 0.25) is 0 Å². The first kappa shape index (κ1) is 16.5. The maximum absolute atomic E-state index is 13.4. The Labute approximate surface area is 149 Å². The summed E-state index contributed by atoms with van der Waals surface area (Å²) < 4.78 is 13.4. The minimum Gasteiger partial charge on any atom is -0.480 e. The molecule has 0 amide bonds. The second kappa shape index (κ2) is 6.76. The zero-order valence-electron chi connectivity index (χ0n) is 14.1. The lowest BCUT2D eigenvalue weighted by Gasteiger charge is -2.38. The summed E-state index contributed by atoms with van der Waals surface area (Å²) in [7, 11) is 0. The van der Waals surface area contributed by atoms with Crippen LogP contribution in [0.4, 0.5) is 10.2 Å². The van der Waals surface area contributed by atoms with Gasteiger partial charge in [-0.15, -0.1) is 0 Å². The third-order valence-corrected chi connectivity index (χ3v) is 4.86. The number of pyridine rings is 1. The normalized spacial score (nSPS) is 16.7. The van der Waals surface area contributed by atoms with Crippen LogP contribution < -0.4 is 4.90 Å². The zero-order valence-corrected chi connectivity index (χ0v) is 14.1. The fourth-order valence-electron chi connectivity index (χ4n) is 3.58. The third kappa shape index (κ3) is 3.01. The highest BCUT2D eigenvalue weighted by molar-refractivity contribution is 5.89. The fourth-order valence-corrected chi connectivity index (χ4v) is 3.58. The number of fused-ring (bicyclic) bond motifs is 1. The van der Waals surface area contributed by atoms with Crippen molar-refractivity contribution in [3.63, 3.8) is 0 Å². The topological polar surface area (TPSA) is 72.5 Å². The van der Waals surface area contributed by atoms with Crippen LogP contribution >= 0.6 is 0 Å². The van der Waals surface area contributed by atoms with Crippen LogP contribution in [-0.2, 0) is 4.79 Å². The summed E-state index contributed by atoms with van der Waals surface area (Å²) in [4.78, 5) is 23.5. The Morgan fingerprint density at radius 2 is 2.00 bits per heavy atom. The van der Waals surface area contributed by atoms with Crippen molar-refractivity contribution in [1.29, 1.82) is 0 Å². The lowest BCUT2D eigenvalue weighted by atomic mass is 10.0. The number of anilines is 1. The van der Waals surface area contributed by atoms with Gasteiger partial charge in [-0.2, -0.15) is 0 Å². The van der Waals surface area contributed by atoms with Gasteiger partial charge in [-0.05, 0) is 30.3 Å². The molecule has 3 aromatic rings. The number of aliphatic carboxylic acids is 1. The maximum Gasteiger partial charge on any atom is 0.325 e. The van der Waals surface area contributed by atoms with E-state index in [4.69, 9.17) is 0 Å². The predicted octanol–water partition coefficient (Wildman–Crippen LogP) is 2.65. The van der Waals surface area contributed by atoms with E-state index in [2.05, 4.69) is 14.9 Å². The van der Waals surface area contributed by atoms with E-state index in [0.29, 0.717) is 37.3 Å². The van der Waals surface area contributed by atoms with Gasteiger partial charge >= 0.3 is 5.97 Å². The Balaban J connectivity index is 1.57. The Kier molecular flexibility index (Phi) is 4.30. The highest BCUT2D eigenvalue weighted by Gasteiger charge is 2.32. The quantitative estimate of drug-likeness (QED) is 0.754. The highest BCUT2D eigenvalue weighted by Crippen LogP contribution is 2.30. The molecule has 0 bridgehead atoms. The van der Waals surface area contributed by atoms with E-state index >= 15 is 0 Å². The summed E-state index contributed by atoms with van der Waals surface area (Å²) in [5.74, 6) is -0.343. The van der Waals surface area contributed by atoms with Crippen molar-refractivity contribution in [2.24, 2.45) is 0 Å². The van der Waals surface area contributed by atoms with Crippen LogP contribution in [0.25, 0.3) is 10.9 Å². The summed E-state index contributed by atoms with van der Waals surface area (Å²) in [6.07, 6.45) is 3.43. The van der Waals surface area contributed by atoms with Crippen LogP contribution in [0, 0.1) is 5.82 Å². The number of hydrogen-bond acceptors (Lipinski definition) is 4. The number of halogens is 1. The molecule has 1 aromatic carbocycles. The number of aromatic nitrogens is 2. The molecule has 134 valence electrons.